The Labute approximate surface area is 210 Å². The number of carbonyl (C=O) groups excluding carboxylic acids is 3. The van der Waals surface area contributed by atoms with Crippen molar-refractivity contribution in [3.8, 4) is 0 Å². The molecule has 0 aliphatic heterocycles. The maximum absolute atomic E-state index is 12.8. The van der Waals surface area contributed by atoms with Gasteiger partial charge in [0.2, 0.25) is 0 Å². The van der Waals surface area contributed by atoms with Crippen LogP contribution < -0.4 is 5.32 Å². The average molecular weight is 509 g/mol. The van der Waals surface area contributed by atoms with Gasteiger partial charge >= 0.3 is 13.6 Å². The average Bonchev–Trinajstić information content (AvgIpc) is 2.93. The van der Waals surface area contributed by atoms with Gasteiger partial charge in [-0.2, -0.15) is 0 Å². The first kappa shape index (κ1) is 27.0. The molecule has 3 aromatic rings. The van der Waals surface area contributed by atoms with E-state index in [2.05, 4.69) is 5.32 Å². The molecular formula is C27H28NO7P. The predicted octanol–water partition coefficient (Wildman–Crippen LogP) is 4.42. The van der Waals surface area contributed by atoms with E-state index in [0.717, 1.165) is 5.56 Å². The number of rotatable bonds is 11. The lowest BCUT2D eigenvalue weighted by Crippen LogP contribution is -2.43. The minimum atomic E-state index is -3.23. The van der Waals surface area contributed by atoms with E-state index < -0.39 is 25.5 Å². The van der Waals surface area contributed by atoms with Crippen LogP contribution in [0.15, 0.2) is 78.9 Å². The maximum Gasteiger partial charge on any atom is 0.334 e. The van der Waals surface area contributed by atoms with Gasteiger partial charge in [-0.1, -0.05) is 66.7 Å². The smallest absolute Gasteiger partial charge is 0.334 e. The number of hydrogen-bond acceptors (Lipinski definition) is 7. The lowest BCUT2D eigenvalue weighted by atomic mass is 9.99. The molecule has 0 aliphatic carbocycles. The summed E-state index contributed by atoms with van der Waals surface area (Å²) in [5.74, 6) is -1.16. The summed E-state index contributed by atoms with van der Waals surface area (Å²) in [5.41, 5.74) is 2.85. The molecule has 0 aliphatic rings. The predicted molar refractivity (Wildman–Crippen MR) is 135 cm³/mol. The van der Waals surface area contributed by atoms with Gasteiger partial charge in [0.1, 0.15) is 6.04 Å². The van der Waals surface area contributed by atoms with Crippen LogP contribution in [-0.2, 0) is 35.7 Å². The van der Waals surface area contributed by atoms with Crippen LogP contribution in [0.1, 0.15) is 37.4 Å². The summed E-state index contributed by atoms with van der Waals surface area (Å²) in [6, 6.07) is 21.3. The minimum absolute atomic E-state index is 0.0649. The van der Waals surface area contributed by atoms with E-state index >= 15 is 0 Å². The van der Waals surface area contributed by atoms with Gasteiger partial charge in [0, 0.05) is 37.3 Å². The molecule has 1 atom stereocenters. The molecule has 0 radical (unpaired) electrons. The Hall–Kier alpha value is -3.58. The summed E-state index contributed by atoms with van der Waals surface area (Å²) < 4.78 is 27.1. The van der Waals surface area contributed by atoms with Gasteiger partial charge in [0.05, 0.1) is 13.3 Å². The zero-order valence-electron chi connectivity index (χ0n) is 20.3. The molecule has 3 aromatic carbocycles. The van der Waals surface area contributed by atoms with Gasteiger partial charge in [0.25, 0.3) is 5.91 Å². The van der Waals surface area contributed by atoms with Crippen molar-refractivity contribution in [3.05, 3.63) is 107 Å². The highest BCUT2D eigenvalue weighted by Gasteiger charge is 2.24. The molecule has 0 unspecified atom stereocenters. The normalized spacial score (nSPS) is 12.0. The molecule has 0 saturated heterocycles. The lowest BCUT2D eigenvalue weighted by Gasteiger charge is -2.17. The summed E-state index contributed by atoms with van der Waals surface area (Å²) in [4.78, 5) is 37.8. The van der Waals surface area contributed by atoms with Gasteiger partial charge in [-0.25, -0.2) is 4.79 Å². The Balaban J connectivity index is 1.68. The monoisotopic (exact) mass is 509 g/mol. The van der Waals surface area contributed by atoms with E-state index in [0.29, 0.717) is 22.3 Å². The third-order valence-electron chi connectivity index (χ3n) is 5.63. The number of carbonyl (C=O) groups is 3. The molecule has 9 heteroatoms. The van der Waals surface area contributed by atoms with Crippen LogP contribution in [0.4, 0.5) is 0 Å². The number of ketones is 1. The van der Waals surface area contributed by atoms with Crippen LogP contribution >= 0.6 is 7.60 Å². The molecule has 0 aromatic heterocycles. The summed E-state index contributed by atoms with van der Waals surface area (Å²) in [6.07, 6.45) is 0.247. The number of benzene rings is 3. The maximum atomic E-state index is 12.8. The molecule has 188 valence electrons. The molecule has 3 rings (SSSR count). The summed E-state index contributed by atoms with van der Waals surface area (Å²) >= 11 is 0. The second kappa shape index (κ2) is 12.4. The topological polar surface area (TPSA) is 108 Å². The van der Waals surface area contributed by atoms with Crippen molar-refractivity contribution in [1.29, 1.82) is 0 Å². The van der Waals surface area contributed by atoms with E-state index in [1.54, 1.807) is 72.8 Å². The second-order valence-corrected chi connectivity index (χ2v) is 10.2. The van der Waals surface area contributed by atoms with Gasteiger partial charge in [-0.3, -0.25) is 14.2 Å². The Kier molecular flexibility index (Phi) is 9.31. The molecule has 0 fully saturated rings. The zero-order chi connectivity index (χ0) is 26.1. The first-order valence-corrected chi connectivity index (χ1v) is 12.9. The largest absolute Gasteiger partial charge is 0.467 e. The summed E-state index contributed by atoms with van der Waals surface area (Å²) in [6.45, 7) is 0. The molecule has 8 nitrogen and oxygen atoms in total. The van der Waals surface area contributed by atoms with E-state index in [1.165, 1.54) is 21.3 Å². The van der Waals surface area contributed by atoms with Gasteiger partial charge in [-0.05, 0) is 23.3 Å². The van der Waals surface area contributed by atoms with Crippen LogP contribution in [0.2, 0.25) is 0 Å². The molecular weight excluding hydrogens is 481 g/mol. The highest BCUT2D eigenvalue weighted by molar-refractivity contribution is 7.52. The van der Waals surface area contributed by atoms with Gasteiger partial charge in [-0.15, -0.1) is 0 Å². The quantitative estimate of drug-likeness (QED) is 0.232. The highest BCUT2D eigenvalue weighted by Crippen LogP contribution is 2.49. The van der Waals surface area contributed by atoms with E-state index in [4.69, 9.17) is 13.8 Å². The molecule has 36 heavy (non-hydrogen) atoms. The fourth-order valence-electron chi connectivity index (χ4n) is 3.55. The summed E-state index contributed by atoms with van der Waals surface area (Å²) in [5, 5.41) is 2.70. The second-order valence-electron chi connectivity index (χ2n) is 7.98. The third-order valence-corrected chi connectivity index (χ3v) is 7.50. The highest BCUT2D eigenvalue weighted by atomic mass is 31.2. The molecule has 1 amide bonds. The Morgan fingerprint density at radius 2 is 1.28 bits per heavy atom. The van der Waals surface area contributed by atoms with Crippen LogP contribution in [-0.4, -0.2) is 45.0 Å². The zero-order valence-corrected chi connectivity index (χ0v) is 21.2. The molecule has 1 N–H and O–H groups in total. The number of ether oxygens (including phenoxy) is 1. The van der Waals surface area contributed by atoms with Crippen LogP contribution in [0.25, 0.3) is 0 Å². The SMILES string of the molecule is COC(=O)[C@@H](Cc1ccc(C(=O)c2ccccc2)cc1)NC(=O)c1ccc(CP(=O)(OC)OC)cc1. The van der Waals surface area contributed by atoms with Crippen molar-refractivity contribution < 1.29 is 32.7 Å². The number of methoxy groups -OCH3 is 1. The number of hydrogen-bond donors (Lipinski definition) is 1. The van der Waals surface area contributed by atoms with Crippen molar-refractivity contribution in [2.24, 2.45) is 0 Å². The van der Waals surface area contributed by atoms with Gasteiger partial charge in [0.15, 0.2) is 5.78 Å². The van der Waals surface area contributed by atoms with Crippen molar-refractivity contribution in [2.45, 2.75) is 18.6 Å². The number of amides is 1. The number of nitrogens with one attached hydrogen (secondary N) is 1. The van der Waals surface area contributed by atoms with Crippen molar-refractivity contribution in [1.82, 2.24) is 5.32 Å². The van der Waals surface area contributed by atoms with Crippen molar-refractivity contribution in [2.75, 3.05) is 21.3 Å². The minimum Gasteiger partial charge on any atom is -0.467 e. The van der Waals surface area contributed by atoms with Crippen LogP contribution in [0.3, 0.4) is 0 Å². The van der Waals surface area contributed by atoms with E-state index in [-0.39, 0.29) is 18.4 Å². The first-order chi connectivity index (χ1) is 17.3. The standard InChI is InChI=1S/C27H28NO7P/c1-33-27(31)24(17-19-9-13-22(14-10-19)25(29)21-7-5-4-6-8-21)28-26(30)23-15-11-20(12-16-23)18-36(32,34-2)35-3/h4-16,24H,17-18H2,1-3H3,(H,28,30)/t24-/m1/s1. The van der Waals surface area contributed by atoms with Crippen molar-refractivity contribution >= 4 is 25.3 Å². The Morgan fingerprint density at radius 3 is 1.83 bits per heavy atom. The van der Waals surface area contributed by atoms with Crippen LogP contribution in [0, 0.1) is 0 Å². The summed E-state index contributed by atoms with van der Waals surface area (Å²) in [7, 11) is 0.647. The van der Waals surface area contributed by atoms with Gasteiger partial charge < -0.3 is 19.1 Å². The number of esters is 1. The Morgan fingerprint density at radius 1 is 0.750 bits per heavy atom. The fraction of sp³-hybridized carbons (Fsp3) is 0.222. The lowest BCUT2D eigenvalue weighted by molar-refractivity contribution is -0.142. The molecule has 0 bridgehead atoms. The molecule has 0 saturated carbocycles. The van der Waals surface area contributed by atoms with E-state index in [9.17, 15) is 18.9 Å². The van der Waals surface area contributed by atoms with E-state index in [1.807, 2.05) is 6.07 Å². The first-order valence-electron chi connectivity index (χ1n) is 11.2. The van der Waals surface area contributed by atoms with Crippen LogP contribution in [0.5, 0.6) is 0 Å². The molecule has 0 heterocycles. The molecule has 0 spiro atoms. The third kappa shape index (κ3) is 6.98. The fourth-order valence-corrected chi connectivity index (χ4v) is 4.62. The van der Waals surface area contributed by atoms with Crippen molar-refractivity contribution in [3.63, 3.8) is 0 Å². The Bertz CT molecular complexity index is 1230.